The van der Waals surface area contributed by atoms with E-state index in [1.54, 1.807) is 14.2 Å². The fourth-order valence-corrected chi connectivity index (χ4v) is 4.19. The van der Waals surface area contributed by atoms with Crippen LogP contribution in [0.25, 0.3) is 5.65 Å². The zero-order valence-corrected chi connectivity index (χ0v) is 21.1. The second-order valence-corrected chi connectivity index (χ2v) is 7.92. The lowest BCUT2D eigenvalue weighted by molar-refractivity contribution is 0.0505. The van der Waals surface area contributed by atoms with Crippen molar-refractivity contribution >= 4 is 35.6 Å². The van der Waals surface area contributed by atoms with E-state index in [4.69, 9.17) is 9.47 Å². The van der Waals surface area contributed by atoms with Gasteiger partial charge < -0.3 is 20.1 Å². The normalized spacial score (nSPS) is 15.8. The summed E-state index contributed by atoms with van der Waals surface area (Å²) in [6.07, 6.45) is 3.81. The maximum Gasteiger partial charge on any atom is 0.191 e. The van der Waals surface area contributed by atoms with Crippen molar-refractivity contribution in [2.75, 3.05) is 33.9 Å². The number of fused-ring (bicyclic) bond motifs is 1. The Balaban J connectivity index is 0.00000289. The highest BCUT2D eigenvalue weighted by atomic mass is 127. The quantitative estimate of drug-likeness (QED) is 0.279. The number of aromatic nitrogens is 3. The number of nitrogens with one attached hydrogen (secondary N) is 2. The first-order valence-electron chi connectivity index (χ1n) is 10.6. The van der Waals surface area contributed by atoms with Gasteiger partial charge in [0.15, 0.2) is 17.4 Å². The Morgan fingerprint density at radius 1 is 1.19 bits per heavy atom. The summed E-state index contributed by atoms with van der Waals surface area (Å²) in [5.41, 5.74) is 3.19. The Kier molecular flexibility index (Phi) is 8.30. The van der Waals surface area contributed by atoms with Crippen molar-refractivity contribution in [2.24, 2.45) is 4.99 Å². The zero-order valence-electron chi connectivity index (χ0n) is 18.8. The fourth-order valence-electron chi connectivity index (χ4n) is 4.19. The van der Waals surface area contributed by atoms with E-state index >= 15 is 0 Å². The highest BCUT2D eigenvalue weighted by Crippen LogP contribution is 2.40. The molecule has 0 unspecified atom stereocenters. The lowest BCUT2D eigenvalue weighted by Gasteiger charge is -2.39. The number of hydrogen-bond donors (Lipinski definition) is 2. The average Bonchev–Trinajstić information content (AvgIpc) is 3.23. The molecule has 0 spiro atoms. The van der Waals surface area contributed by atoms with E-state index in [0.717, 1.165) is 55.8 Å². The van der Waals surface area contributed by atoms with Crippen LogP contribution in [-0.4, -0.2) is 54.5 Å². The van der Waals surface area contributed by atoms with Gasteiger partial charge in [-0.1, -0.05) is 23.8 Å². The average molecular weight is 550 g/mol. The molecule has 3 heterocycles. The molecule has 8 nitrogen and oxygen atoms in total. The molecule has 2 N–H and O–H groups in total. The number of aryl methyl sites for hydroxylation is 1. The second kappa shape index (κ2) is 11.0. The van der Waals surface area contributed by atoms with Gasteiger partial charge in [0.05, 0.1) is 13.7 Å². The molecule has 1 aliphatic heterocycles. The molecule has 1 saturated heterocycles. The Morgan fingerprint density at radius 3 is 2.75 bits per heavy atom. The molecule has 1 fully saturated rings. The lowest BCUT2D eigenvalue weighted by Crippen LogP contribution is -2.48. The van der Waals surface area contributed by atoms with Crippen molar-refractivity contribution in [3.8, 4) is 5.75 Å². The SMILES string of the molecule is CN=C(NCc1nnc2ccccn12)NCC1(c2cc(C)ccc2OC)CCOCC1.I. The summed E-state index contributed by atoms with van der Waals surface area (Å²) in [6.45, 7) is 4.84. The van der Waals surface area contributed by atoms with Gasteiger partial charge in [0, 0.05) is 44.0 Å². The van der Waals surface area contributed by atoms with Crippen LogP contribution in [0.1, 0.15) is 29.8 Å². The number of aliphatic imine (C=N–C) groups is 1. The van der Waals surface area contributed by atoms with Crippen molar-refractivity contribution in [3.05, 3.63) is 59.5 Å². The lowest BCUT2D eigenvalue weighted by atomic mass is 9.73. The van der Waals surface area contributed by atoms with Gasteiger partial charge in [-0.2, -0.15) is 0 Å². The molecule has 0 atom stereocenters. The van der Waals surface area contributed by atoms with Crippen LogP contribution in [0.4, 0.5) is 0 Å². The van der Waals surface area contributed by atoms with Crippen LogP contribution in [-0.2, 0) is 16.7 Å². The highest BCUT2D eigenvalue weighted by Gasteiger charge is 2.37. The third-order valence-corrected chi connectivity index (χ3v) is 5.99. The van der Waals surface area contributed by atoms with E-state index in [-0.39, 0.29) is 29.4 Å². The minimum atomic E-state index is -0.0885. The maximum atomic E-state index is 5.72. The molecule has 0 bridgehead atoms. The maximum absolute atomic E-state index is 5.72. The number of halogens is 1. The first kappa shape index (κ1) is 24.2. The summed E-state index contributed by atoms with van der Waals surface area (Å²) in [7, 11) is 3.51. The minimum Gasteiger partial charge on any atom is -0.496 e. The van der Waals surface area contributed by atoms with Gasteiger partial charge in [-0.25, -0.2) is 0 Å². The van der Waals surface area contributed by atoms with Crippen molar-refractivity contribution in [1.82, 2.24) is 25.2 Å². The van der Waals surface area contributed by atoms with E-state index in [1.165, 1.54) is 11.1 Å². The third-order valence-electron chi connectivity index (χ3n) is 5.99. The molecule has 3 aromatic rings. The van der Waals surface area contributed by atoms with E-state index in [9.17, 15) is 0 Å². The van der Waals surface area contributed by atoms with Crippen LogP contribution in [0.15, 0.2) is 47.6 Å². The van der Waals surface area contributed by atoms with Crippen LogP contribution in [0.2, 0.25) is 0 Å². The number of benzene rings is 1. The molecule has 2 aromatic heterocycles. The van der Waals surface area contributed by atoms with Gasteiger partial charge in [-0.05, 0) is 38.0 Å². The number of methoxy groups -OCH3 is 1. The molecular formula is C23H31IN6O2. The van der Waals surface area contributed by atoms with Crippen molar-refractivity contribution in [2.45, 2.75) is 31.7 Å². The number of ether oxygens (including phenoxy) is 2. The Hall–Kier alpha value is -2.40. The van der Waals surface area contributed by atoms with Gasteiger partial charge >= 0.3 is 0 Å². The van der Waals surface area contributed by atoms with Crippen LogP contribution in [0.5, 0.6) is 5.75 Å². The Morgan fingerprint density at radius 2 is 2.00 bits per heavy atom. The van der Waals surface area contributed by atoms with E-state index < -0.39 is 0 Å². The first-order chi connectivity index (χ1) is 15.1. The van der Waals surface area contributed by atoms with Gasteiger partial charge in [0.2, 0.25) is 0 Å². The molecule has 0 aliphatic carbocycles. The topological polar surface area (TPSA) is 85.1 Å². The monoisotopic (exact) mass is 550 g/mol. The number of guanidine groups is 1. The minimum absolute atomic E-state index is 0. The summed E-state index contributed by atoms with van der Waals surface area (Å²) in [5.74, 6) is 2.48. The van der Waals surface area contributed by atoms with Gasteiger partial charge in [0.25, 0.3) is 0 Å². The summed E-state index contributed by atoms with van der Waals surface area (Å²) in [4.78, 5) is 4.41. The van der Waals surface area contributed by atoms with Crippen LogP contribution < -0.4 is 15.4 Å². The van der Waals surface area contributed by atoms with Crippen molar-refractivity contribution < 1.29 is 9.47 Å². The van der Waals surface area contributed by atoms with E-state index in [1.807, 2.05) is 28.8 Å². The Labute approximate surface area is 205 Å². The van der Waals surface area contributed by atoms with Crippen LogP contribution in [0.3, 0.4) is 0 Å². The van der Waals surface area contributed by atoms with Crippen LogP contribution >= 0.6 is 24.0 Å². The third kappa shape index (κ3) is 5.15. The molecule has 0 saturated carbocycles. The van der Waals surface area contributed by atoms with Crippen molar-refractivity contribution in [3.63, 3.8) is 0 Å². The zero-order chi connectivity index (χ0) is 21.7. The molecular weight excluding hydrogens is 519 g/mol. The molecule has 0 amide bonds. The molecule has 1 aromatic carbocycles. The van der Waals surface area contributed by atoms with Crippen molar-refractivity contribution in [1.29, 1.82) is 0 Å². The number of nitrogens with zero attached hydrogens (tertiary/aromatic N) is 4. The van der Waals surface area contributed by atoms with Crippen LogP contribution in [0, 0.1) is 6.92 Å². The first-order valence-corrected chi connectivity index (χ1v) is 10.6. The molecule has 0 radical (unpaired) electrons. The van der Waals surface area contributed by atoms with Gasteiger partial charge in [0.1, 0.15) is 5.75 Å². The van der Waals surface area contributed by atoms with E-state index in [2.05, 4.69) is 50.9 Å². The Bertz CT molecular complexity index is 1060. The summed E-state index contributed by atoms with van der Waals surface area (Å²) in [5, 5.41) is 15.4. The second-order valence-electron chi connectivity index (χ2n) is 7.92. The standard InChI is InChI=1S/C23H30N6O2.HI/c1-17-7-8-19(30-3)18(14-17)23(9-12-31-13-10-23)16-26-22(24-2)25-15-21-28-27-20-6-4-5-11-29(20)21;/h4-8,11,14H,9-10,12-13,15-16H2,1-3H3,(H2,24,25,26);1H. The molecule has 1 aliphatic rings. The fraction of sp³-hybridized carbons (Fsp3) is 0.435. The number of hydrogen-bond acceptors (Lipinski definition) is 5. The number of pyridine rings is 1. The summed E-state index contributed by atoms with van der Waals surface area (Å²) < 4.78 is 13.4. The van der Waals surface area contributed by atoms with Gasteiger partial charge in [-0.3, -0.25) is 9.39 Å². The molecule has 172 valence electrons. The predicted octanol–water partition coefficient (Wildman–Crippen LogP) is 3.08. The molecule has 32 heavy (non-hydrogen) atoms. The summed E-state index contributed by atoms with van der Waals surface area (Å²) >= 11 is 0. The molecule has 4 rings (SSSR count). The molecule has 9 heteroatoms. The van der Waals surface area contributed by atoms with E-state index in [0.29, 0.717) is 6.54 Å². The van der Waals surface area contributed by atoms with Gasteiger partial charge in [-0.15, -0.1) is 34.2 Å². The number of rotatable bonds is 6. The predicted molar refractivity (Wildman–Crippen MR) is 136 cm³/mol. The highest BCUT2D eigenvalue weighted by molar-refractivity contribution is 14.0. The largest absolute Gasteiger partial charge is 0.496 e. The smallest absolute Gasteiger partial charge is 0.191 e. The summed E-state index contributed by atoms with van der Waals surface area (Å²) in [6, 6.07) is 12.3.